The van der Waals surface area contributed by atoms with Crippen LogP contribution in [0.2, 0.25) is 0 Å². The monoisotopic (exact) mass is 349 g/mol. The molecule has 0 atom stereocenters. The van der Waals surface area contributed by atoms with Gasteiger partial charge < -0.3 is 14.5 Å². The van der Waals surface area contributed by atoms with Gasteiger partial charge >= 0.3 is 11.8 Å². The van der Waals surface area contributed by atoms with E-state index in [0.717, 1.165) is 12.1 Å². The predicted octanol–water partition coefficient (Wildman–Crippen LogP) is 4.43. The highest BCUT2D eigenvalue weighted by atomic mass is 19.4. The molecule has 25 heavy (non-hydrogen) atoms. The van der Waals surface area contributed by atoms with Crippen molar-refractivity contribution in [3.05, 3.63) is 70.1 Å². The van der Waals surface area contributed by atoms with Crippen LogP contribution in [0.4, 0.5) is 18.9 Å². The molecule has 0 unspecified atom stereocenters. The van der Waals surface area contributed by atoms with Gasteiger partial charge in [0.2, 0.25) is 0 Å². The fourth-order valence-electron chi connectivity index (χ4n) is 2.49. The maximum atomic E-state index is 12.8. The third kappa shape index (κ3) is 3.76. The summed E-state index contributed by atoms with van der Waals surface area (Å²) in [6, 6.07) is 11.2. The van der Waals surface area contributed by atoms with E-state index in [0.29, 0.717) is 28.0 Å². The highest BCUT2D eigenvalue weighted by molar-refractivity contribution is 5.81. The number of halogens is 3. The summed E-state index contributed by atoms with van der Waals surface area (Å²) >= 11 is 0. The number of hydrogen-bond acceptors (Lipinski definition) is 4. The van der Waals surface area contributed by atoms with Crippen LogP contribution in [0.3, 0.4) is 0 Å². The lowest BCUT2D eigenvalue weighted by Crippen LogP contribution is -2.08. The Morgan fingerprint density at radius 3 is 2.64 bits per heavy atom. The Morgan fingerprint density at radius 1 is 1.12 bits per heavy atom. The molecule has 3 rings (SSSR count). The number of benzene rings is 2. The van der Waals surface area contributed by atoms with E-state index < -0.39 is 17.4 Å². The molecule has 0 aliphatic carbocycles. The molecule has 4 nitrogen and oxygen atoms in total. The van der Waals surface area contributed by atoms with Gasteiger partial charge in [-0.25, -0.2) is 4.79 Å². The minimum absolute atomic E-state index is 0.176. The maximum Gasteiger partial charge on any atom is 0.416 e. The molecule has 1 aromatic heterocycles. The standard InChI is InChI=1S/C18H14F3NO3/c1-24-14-5-6-15-11(7-17(23)25-16(15)9-14)10-22-13-4-2-3-12(8-13)18(19,20)21/h2-9,22H,10H2,1H3. The van der Waals surface area contributed by atoms with Gasteiger partial charge in [-0.3, -0.25) is 0 Å². The van der Waals surface area contributed by atoms with Crippen molar-refractivity contribution in [3.8, 4) is 5.75 Å². The van der Waals surface area contributed by atoms with Gasteiger partial charge in [0.05, 0.1) is 12.7 Å². The molecule has 0 bridgehead atoms. The zero-order valence-corrected chi connectivity index (χ0v) is 13.2. The second kappa shape index (κ2) is 6.51. The van der Waals surface area contributed by atoms with Crippen molar-refractivity contribution >= 4 is 16.7 Å². The van der Waals surface area contributed by atoms with Crippen molar-refractivity contribution < 1.29 is 22.3 Å². The minimum atomic E-state index is -4.41. The number of anilines is 1. The van der Waals surface area contributed by atoms with E-state index in [1.165, 1.54) is 25.3 Å². The number of hydrogen-bond donors (Lipinski definition) is 1. The summed E-state index contributed by atoms with van der Waals surface area (Å²) in [6.45, 7) is 0.176. The Labute approximate surface area is 140 Å². The Bertz CT molecular complexity index is 964. The third-order valence-corrected chi connectivity index (χ3v) is 3.71. The molecule has 130 valence electrons. The van der Waals surface area contributed by atoms with Gasteiger partial charge in [-0.15, -0.1) is 0 Å². The second-order valence-electron chi connectivity index (χ2n) is 5.38. The molecule has 0 spiro atoms. The molecular formula is C18H14F3NO3. The van der Waals surface area contributed by atoms with Gasteiger partial charge in [0, 0.05) is 29.8 Å². The number of ether oxygens (including phenoxy) is 1. The van der Waals surface area contributed by atoms with Gasteiger partial charge in [-0.05, 0) is 35.9 Å². The van der Waals surface area contributed by atoms with E-state index in [2.05, 4.69) is 5.32 Å². The molecule has 3 aromatic rings. The molecule has 2 aromatic carbocycles. The SMILES string of the molecule is COc1ccc2c(CNc3cccc(C(F)(F)F)c3)cc(=O)oc2c1. The summed E-state index contributed by atoms with van der Waals surface area (Å²) in [5.74, 6) is 0.540. The summed E-state index contributed by atoms with van der Waals surface area (Å²) in [7, 11) is 1.50. The molecule has 0 fully saturated rings. The zero-order valence-electron chi connectivity index (χ0n) is 13.2. The topological polar surface area (TPSA) is 51.5 Å². The Balaban J connectivity index is 1.90. The van der Waals surface area contributed by atoms with Gasteiger partial charge in [0.15, 0.2) is 0 Å². The summed E-state index contributed by atoms with van der Waals surface area (Å²) < 4.78 is 48.6. The number of fused-ring (bicyclic) bond motifs is 1. The first-order valence-corrected chi connectivity index (χ1v) is 7.39. The van der Waals surface area contributed by atoms with Gasteiger partial charge in [-0.2, -0.15) is 13.2 Å². The molecule has 0 radical (unpaired) electrons. The zero-order chi connectivity index (χ0) is 18.0. The predicted molar refractivity (Wildman–Crippen MR) is 87.8 cm³/mol. The maximum absolute atomic E-state index is 12.8. The first kappa shape index (κ1) is 16.9. The van der Waals surface area contributed by atoms with Crippen molar-refractivity contribution in [1.82, 2.24) is 0 Å². The Kier molecular flexibility index (Phi) is 4.39. The molecule has 0 aliphatic rings. The van der Waals surface area contributed by atoms with E-state index >= 15 is 0 Å². The Hall–Kier alpha value is -2.96. The van der Waals surface area contributed by atoms with Crippen LogP contribution in [0.15, 0.2) is 57.7 Å². The summed E-state index contributed by atoms with van der Waals surface area (Å²) in [4.78, 5) is 11.7. The van der Waals surface area contributed by atoms with Crippen molar-refractivity contribution in [3.63, 3.8) is 0 Å². The third-order valence-electron chi connectivity index (χ3n) is 3.71. The average Bonchev–Trinajstić information content (AvgIpc) is 2.58. The first-order valence-electron chi connectivity index (χ1n) is 7.39. The van der Waals surface area contributed by atoms with Crippen LogP contribution in [-0.2, 0) is 12.7 Å². The normalized spacial score (nSPS) is 11.5. The molecular weight excluding hydrogens is 335 g/mol. The quantitative estimate of drug-likeness (QED) is 0.708. The number of alkyl halides is 3. The van der Waals surface area contributed by atoms with E-state index in [9.17, 15) is 18.0 Å². The van der Waals surface area contributed by atoms with Crippen molar-refractivity contribution in [2.75, 3.05) is 12.4 Å². The van der Waals surface area contributed by atoms with Crippen molar-refractivity contribution in [2.45, 2.75) is 12.7 Å². The lowest BCUT2D eigenvalue weighted by Gasteiger charge is -2.12. The van der Waals surface area contributed by atoms with E-state index in [1.807, 2.05) is 0 Å². The van der Waals surface area contributed by atoms with Crippen LogP contribution in [-0.4, -0.2) is 7.11 Å². The minimum Gasteiger partial charge on any atom is -0.497 e. The van der Waals surface area contributed by atoms with Crippen LogP contribution in [0.5, 0.6) is 5.75 Å². The lowest BCUT2D eigenvalue weighted by molar-refractivity contribution is -0.137. The van der Waals surface area contributed by atoms with E-state index in [1.54, 1.807) is 18.2 Å². The summed E-state index contributed by atoms with van der Waals surface area (Å²) in [5, 5.41) is 3.59. The lowest BCUT2D eigenvalue weighted by atomic mass is 10.1. The summed E-state index contributed by atoms with van der Waals surface area (Å²) in [6.07, 6.45) is -4.41. The molecule has 0 amide bonds. The van der Waals surface area contributed by atoms with E-state index in [4.69, 9.17) is 9.15 Å². The molecule has 7 heteroatoms. The van der Waals surface area contributed by atoms with Gasteiger partial charge in [0.1, 0.15) is 11.3 Å². The van der Waals surface area contributed by atoms with Crippen molar-refractivity contribution in [2.24, 2.45) is 0 Å². The second-order valence-corrected chi connectivity index (χ2v) is 5.38. The summed E-state index contributed by atoms with van der Waals surface area (Å²) in [5.41, 5.74) is 0.00463. The first-order chi connectivity index (χ1) is 11.9. The van der Waals surface area contributed by atoms with Gasteiger partial charge in [-0.1, -0.05) is 6.07 Å². The largest absolute Gasteiger partial charge is 0.497 e. The molecule has 0 aliphatic heterocycles. The Morgan fingerprint density at radius 2 is 1.92 bits per heavy atom. The van der Waals surface area contributed by atoms with E-state index in [-0.39, 0.29) is 6.54 Å². The van der Waals surface area contributed by atoms with Crippen LogP contribution in [0.25, 0.3) is 11.0 Å². The van der Waals surface area contributed by atoms with Crippen LogP contribution in [0.1, 0.15) is 11.1 Å². The van der Waals surface area contributed by atoms with Crippen LogP contribution < -0.4 is 15.7 Å². The van der Waals surface area contributed by atoms with Gasteiger partial charge in [0.25, 0.3) is 0 Å². The number of nitrogens with one attached hydrogen (secondary N) is 1. The number of methoxy groups -OCH3 is 1. The van der Waals surface area contributed by atoms with Crippen molar-refractivity contribution in [1.29, 1.82) is 0 Å². The molecule has 0 saturated carbocycles. The van der Waals surface area contributed by atoms with Crippen LogP contribution >= 0.6 is 0 Å². The van der Waals surface area contributed by atoms with Crippen LogP contribution in [0, 0.1) is 0 Å². The fourth-order valence-corrected chi connectivity index (χ4v) is 2.49. The number of rotatable bonds is 4. The molecule has 1 N–H and O–H groups in total. The highest BCUT2D eigenvalue weighted by Gasteiger charge is 2.30. The smallest absolute Gasteiger partial charge is 0.416 e. The fraction of sp³-hybridized carbons (Fsp3) is 0.167. The molecule has 1 heterocycles. The average molecular weight is 349 g/mol. The molecule has 0 saturated heterocycles. The highest BCUT2D eigenvalue weighted by Crippen LogP contribution is 2.31.